The number of hydrogen-bond donors (Lipinski definition) is 1. The number of rotatable bonds is 4. The summed E-state index contributed by atoms with van der Waals surface area (Å²) in [5, 5.41) is 3.17. The van der Waals surface area contributed by atoms with Crippen molar-refractivity contribution in [2.75, 3.05) is 17.0 Å². The number of amides is 2. The van der Waals surface area contributed by atoms with E-state index in [9.17, 15) is 9.59 Å². The number of carbonyl (C=O) groups is 2. The first-order valence-corrected chi connectivity index (χ1v) is 10.8. The van der Waals surface area contributed by atoms with Crippen LogP contribution in [0.15, 0.2) is 78.5 Å². The van der Waals surface area contributed by atoms with Crippen LogP contribution in [-0.4, -0.2) is 18.6 Å². The Hall–Kier alpha value is -4.06. The zero-order valence-electron chi connectivity index (χ0n) is 18.7. The van der Waals surface area contributed by atoms with Gasteiger partial charge in [0, 0.05) is 11.8 Å². The molecule has 33 heavy (non-hydrogen) atoms. The summed E-state index contributed by atoms with van der Waals surface area (Å²) < 4.78 is 10.8. The summed E-state index contributed by atoms with van der Waals surface area (Å²) in [7, 11) is 0. The van der Waals surface area contributed by atoms with Crippen molar-refractivity contribution in [3.63, 3.8) is 0 Å². The normalized spacial score (nSPS) is 15.4. The predicted octanol–water partition coefficient (Wildman–Crippen LogP) is 5.11. The highest BCUT2D eigenvalue weighted by Crippen LogP contribution is 2.38. The number of anilines is 2. The zero-order valence-corrected chi connectivity index (χ0v) is 18.7. The van der Waals surface area contributed by atoms with Crippen LogP contribution in [-0.2, 0) is 15.0 Å². The molecule has 2 heterocycles. The molecule has 0 aromatic heterocycles. The van der Waals surface area contributed by atoms with E-state index >= 15 is 0 Å². The van der Waals surface area contributed by atoms with Crippen molar-refractivity contribution in [1.82, 2.24) is 0 Å². The highest BCUT2D eigenvalue weighted by Gasteiger charge is 2.40. The lowest BCUT2D eigenvalue weighted by Gasteiger charge is -2.21. The first-order valence-electron chi connectivity index (χ1n) is 10.8. The molecule has 0 fully saturated rings. The Bertz CT molecular complexity index is 1270. The van der Waals surface area contributed by atoms with Gasteiger partial charge in [-0.2, -0.15) is 0 Å². The van der Waals surface area contributed by atoms with Crippen molar-refractivity contribution < 1.29 is 19.1 Å². The maximum absolute atomic E-state index is 13.5. The Morgan fingerprint density at radius 2 is 1.52 bits per heavy atom. The summed E-state index contributed by atoms with van der Waals surface area (Å²) in [5.41, 5.74) is 3.50. The molecule has 2 aliphatic heterocycles. The van der Waals surface area contributed by atoms with Crippen molar-refractivity contribution in [2.45, 2.75) is 26.2 Å². The molecule has 0 saturated carbocycles. The molecular weight excluding hydrogens is 416 g/mol. The number of ether oxygens (including phenoxy) is 2. The van der Waals surface area contributed by atoms with E-state index in [0.717, 1.165) is 5.56 Å². The van der Waals surface area contributed by atoms with Crippen molar-refractivity contribution >= 4 is 28.8 Å². The fraction of sp³-hybridized carbons (Fsp3) is 0.185. The third-order valence-electron chi connectivity index (χ3n) is 5.78. The SMILES string of the molecule is CC(C)(C)c1ccc(N2C(=O)C(Nc3ccc4c(c3)OCO4)=C(c3ccccc3)C2=O)cc1. The molecule has 0 aliphatic carbocycles. The minimum Gasteiger partial charge on any atom is -0.454 e. The lowest BCUT2D eigenvalue weighted by Crippen LogP contribution is -2.32. The molecule has 6 heteroatoms. The van der Waals surface area contributed by atoms with Gasteiger partial charge in [0.05, 0.1) is 11.3 Å². The first-order chi connectivity index (χ1) is 15.8. The van der Waals surface area contributed by atoms with Gasteiger partial charge in [-0.15, -0.1) is 0 Å². The van der Waals surface area contributed by atoms with Gasteiger partial charge < -0.3 is 14.8 Å². The summed E-state index contributed by atoms with van der Waals surface area (Å²) in [6, 6.07) is 22.1. The fourth-order valence-corrected chi connectivity index (χ4v) is 3.98. The summed E-state index contributed by atoms with van der Waals surface area (Å²) in [4.78, 5) is 28.3. The average Bonchev–Trinajstić information content (AvgIpc) is 3.36. The molecule has 0 atom stereocenters. The van der Waals surface area contributed by atoms with E-state index in [-0.39, 0.29) is 23.8 Å². The predicted molar refractivity (Wildman–Crippen MR) is 127 cm³/mol. The average molecular weight is 440 g/mol. The topological polar surface area (TPSA) is 67.9 Å². The minimum absolute atomic E-state index is 0.0307. The van der Waals surface area contributed by atoms with Crippen LogP contribution >= 0.6 is 0 Å². The van der Waals surface area contributed by atoms with Crippen LogP contribution in [0, 0.1) is 0 Å². The van der Waals surface area contributed by atoms with E-state index in [1.807, 2.05) is 54.6 Å². The zero-order chi connectivity index (χ0) is 23.2. The number of nitrogens with zero attached hydrogens (tertiary/aromatic N) is 1. The van der Waals surface area contributed by atoms with Crippen LogP contribution in [0.25, 0.3) is 5.57 Å². The molecule has 0 saturated heterocycles. The van der Waals surface area contributed by atoms with Crippen LogP contribution in [0.4, 0.5) is 11.4 Å². The molecule has 0 bridgehead atoms. The molecular formula is C27H24N2O4. The Labute approximate surface area is 192 Å². The van der Waals surface area contributed by atoms with Gasteiger partial charge in [-0.25, -0.2) is 4.90 Å². The van der Waals surface area contributed by atoms with Crippen LogP contribution in [0.5, 0.6) is 11.5 Å². The highest BCUT2D eigenvalue weighted by atomic mass is 16.7. The first kappa shape index (κ1) is 20.8. The number of carbonyl (C=O) groups excluding carboxylic acids is 2. The fourth-order valence-electron chi connectivity index (χ4n) is 3.98. The van der Waals surface area contributed by atoms with Gasteiger partial charge in [-0.3, -0.25) is 9.59 Å². The van der Waals surface area contributed by atoms with Crippen LogP contribution in [0.3, 0.4) is 0 Å². The van der Waals surface area contributed by atoms with Gasteiger partial charge in [0.15, 0.2) is 11.5 Å². The third-order valence-corrected chi connectivity index (χ3v) is 5.78. The summed E-state index contributed by atoms with van der Waals surface area (Å²) in [5.74, 6) is 0.471. The smallest absolute Gasteiger partial charge is 0.282 e. The molecule has 0 unspecified atom stereocenters. The van der Waals surface area contributed by atoms with Crippen molar-refractivity contribution in [3.05, 3.63) is 89.6 Å². The van der Waals surface area contributed by atoms with E-state index in [1.165, 1.54) is 4.90 Å². The van der Waals surface area contributed by atoms with Gasteiger partial charge in [-0.1, -0.05) is 63.2 Å². The number of hydrogen-bond acceptors (Lipinski definition) is 5. The Balaban J connectivity index is 1.54. The maximum atomic E-state index is 13.5. The molecule has 5 rings (SSSR count). The summed E-state index contributed by atoms with van der Waals surface area (Å²) in [6.45, 7) is 6.52. The maximum Gasteiger partial charge on any atom is 0.282 e. The molecule has 0 spiro atoms. The van der Waals surface area contributed by atoms with Crippen molar-refractivity contribution in [1.29, 1.82) is 0 Å². The third kappa shape index (κ3) is 3.74. The molecule has 166 valence electrons. The van der Waals surface area contributed by atoms with Gasteiger partial charge in [0.25, 0.3) is 11.8 Å². The highest BCUT2D eigenvalue weighted by molar-refractivity contribution is 6.46. The Morgan fingerprint density at radius 1 is 0.818 bits per heavy atom. The molecule has 2 aliphatic rings. The standard InChI is InChI=1S/C27H24N2O4/c1-27(2,3)18-9-12-20(13-10-18)29-25(30)23(17-7-5-4-6-8-17)24(26(29)31)28-19-11-14-21-22(15-19)33-16-32-21/h4-15,28H,16H2,1-3H3. The molecule has 3 aromatic carbocycles. The number of nitrogens with one attached hydrogen (secondary N) is 1. The molecule has 6 nitrogen and oxygen atoms in total. The van der Waals surface area contributed by atoms with Crippen LogP contribution in [0.1, 0.15) is 31.9 Å². The van der Waals surface area contributed by atoms with E-state index < -0.39 is 5.91 Å². The largest absolute Gasteiger partial charge is 0.454 e. The van der Waals surface area contributed by atoms with Crippen molar-refractivity contribution in [3.8, 4) is 11.5 Å². The number of benzene rings is 3. The molecule has 1 N–H and O–H groups in total. The lowest BCUT2D eigenvalue weighted by molar-refractivity contribution is -0.120. The van der Waals surface area contributed by atoms with Gasteiger partial charge in [-0.05, 0) is 40.8 Å². The van der Waals surface area contributed by atoms with Gasteiger partial charge in [0.2, 0.25) is 6.79 Å². The Morgan fingerprint density at radius 3 is 2.21 bits per heavy atom. The minimum atomic E-state index is -0.403. The quantitative estimate of drug-likeness (QED) is 0.571. The number of imide groups is 1. The Kier molecular flexibility index (Phi) is 4.93. The number of fused-ring (bicyclic) bond motifs is 1. The monoisotopic (exact) mass is 440 g/mol. The van der Waals surface area contributed by atoms with Crippen LogP contribution < -0.4 is 19.7 Å². The van der Waals surface area contributed by atoms with E-state index in [2.05, 4.69) is 26.1 Å². The molecule has 2 amide bonds. The lowest BCUT2D eigenvalue weighted by atomic mass is 9.87. The second-order valence-electron chi connectivity index (χ2n) is 9.05. The van der Waals surface area contributed by atoms with Gasteiger partial charge >= 0.3 is 0 Å². The van der Waals surface area contributed by atoms with Crippen molar-refractivity contribution in [2.24, 2.45) is 0 Å². The molecule has 0 radical (unpaired) electrons. The van der Waals surface area contributed by atoms with E-state index in [1.54, 1.807) is 18.2 Å². The van der Waals surface area contributed by atoms with Gasteiger partial charge in [0.1, 0.15) is 5.70 Å². The molecule has 3 aromatic rings. The second-order valence-corrected chi connectivity index (χ2v) is 9.05. The second kappa shape index (κ2) is 7.81. The summed E-state index contributed by atoms with van der Waals surface area (Å²) >= 11 is 0. The summed E-state index contributed by atoms with van der Waals surface area (Å²) in [6.07, 6.45) is 0. The van der Waals surface area contributed by atoms with E-state index in [4.69, 9.17) is 9.47 Å². The van der Waals surface area contributed by atoms with Crippen LogP contribution in [0.2, 0.25) is 0 Å². The van der Waals surface area contributed by atoms with E-state index in [0.29, 0.717) is 34.0 Å².